The first-order valence-electron chi connectivity index (χ1n) is 8.74. The zero-order valence-electron chi connectivity index (χ0n) is 15.2. The second kappa shape index (κ2) is 7.59. The van der Waals surface area contributed by atoms with E-state index in [0.29, 0.717) is 28.6 Å². The second-order valence-electron chi connectivity index (χ2n) is 6.66. The lowest BCUT2D eigenvalue weighted by Crippen LogP contribution is -2.21. The van der Waals surface area contributed by atoms with Gasteiger partial charge in [-0.25, -0.2) is 9.78 Å². The van der Waals surface area contributed by atoms with Gasteiger partial charge in [-0.3, -0.25) is 10.1 Å². The highest BCUT2D eigenvalue weighted by molar-refractivity contribution is 5.97. The number of benzene rings is 1. The van der Waals surface area contributed by atoms with E-state index in [1.54, 1.807) is 24.4 Å². The molecule has 2 heterocycles. The fourth-order valence-electron chi connectivity index (χ4n) is 2.99. The Morgan fingerprint density at radius 1 is 1.31 bits per heavy atom. The van der Waals surface area contributed by atoms with Gasteiger partial charge in [0.25, 0.3) is 0 Å². The molecule has 1 aromatic carbocycles. The van der Waals surface area contributed by atoms with Crippen LogP contribution in [-0.4, -0.2) is 24.1 Å². The lowest BCUT2D eigenvalue weighted by molar-refractivity contribution is -0.119. The van der Waals surface area contributed by atoms with Gasteiger partial charge >= 0.3 is 6.09 Å². The highest BCUT2D eigenvalue weighted by Crippen LogP contribution is 2.34. The first-order chi connectivity index (χ1) is 12.5. The van der Waals surface area contributed by atoms with Gasteiger partial charge in [-0.05, 0) is 31.0 Å². The van der Waals surface area contributed by atoms with Crippen LogP contribution in [0.3, 0.4) is 0 Å². The number of fused-ring (bicyclic) bond motifs is 4. The van der Waals surface area contributed by atoms with E-state index in [9.17, 15) is 9.59 Å². The fourth-order valence-corrected chi connectivity index (χ4v) is 2.99. The van der Waals surface area contributed by atoms with E-state index in [1.165, 1.54) is 7.11 Å². The zero-order chi connectivity index (χ0) is 18.7. The number of carbonyl (C=O) groups excluding carboxylic acids is 2. The second-order valence-corrected chi connectivity index (χ2v) is 6.66. The number of oxazole rings is 1. The molecule has 0 saturated carbocycles. The van der Waals surface area contributed by atoms with Crippen LogP contribution in [-0.2, 0) is 9.53 Å². The number of methoxy groups -OCH3 is 1. The van der Waals surface area contributed by atoms with Gasteiger partial charge in [-0.1, -0.05) is 20.3 Å². The third-order valence-corrected chi connectivity index (χ3v) is 4.64. The molecule has 2 N–H and O–H groups in total. The van der Waals surface area contributed by atoms with Crippen molar-refractivity contribution in [2.75, 3.05) is 17.7 Å². The average molecular weight is 357 g/mol. The number of rotatable bonds is 1. The summed E-state index contributed by atoms with van der Waals surface area (Å²) in [5, 5.41) is 5.55. The molecule has 2 amide bonds. The minimum Gasteiger partial charge on any atom is -0.453 e. The first-order valence-corrected chi connectivity index (χ1v) is 8.74. The molecule has 2 unspecified atom stereocenters. The van der Waals surface area contributed by atoms with Crippen molar-refractivity contribution in [2.45, 2.75) is 39.0 Å². The van der Waals surface area contributed by atoms with Gasteiger partial charge in [0.1, 0.15) is 0 Å². The van der Waals surface area contributed by atoms with Crippen molar-refractivity contribution in [3.8, 4) is 11.3 Å². The Morgan fingerprint density at radius 3 is 2.85 bits per heavy atom. The van der Waals surface area contributed by atoms with E-state index in [4.69, 9.17) is 4.42 Å². The van der Waals surface area contributed by atoms with Gasteiger partial charge in [-0.2, -0.15) is 0 Å². The van der Waals surface area contributed by atoms with Crippen molar-refractivity contribution in [3.05, 3.63) is 30.3 Å². The number of hydrogen-bond acceptors (Lipinski definition) is 5. The number of nitrogens with one attached hydrogen (secondary N) is 2. The molecule has 2 bridgehead atoms. The van der Waals surface area contributed by atoms with Crippen molar-refractivity contribution in [1.29, 1.82) is 0 Å². The number of anilines is 2. The number of amides is 2. The highest BCUT2D eigenvalue weighted by atomic mass is 16.5. The predicted octanol–water partition coefficient (Wildman–Crippen LogP) is 4.38. The van der Waals surface area contributed by atoms with E-state index >= 15 is 0 Å². The topological polar surface area (TPSA) is 93.5 Å². The normalized spacial score (nSPS) is 20.2. The summed E-state index contributed by atoms with van der Waals surface area (Å²) >= 11 is 0. The van der Waals surface area contributed by atoms with Crippen LogP contribution >= 0.6 is 0 Å². The Kier molecular flexibility index (Phi) is 5.25. The summed E-state index contributed by atoms with van der Waals surface area (Å²) in [7, 11) is 1.30. The van der Waals surface area contributed by atoms with Gasteiger partial charge < -0.3 is 14.5 Å². The monoisotopic (exact) mass is 357 g/mol. The van der Waals surface area contributed by atoms with Gasteiger partial charge in [0.05, 0.1) is 19.0 Å². The molecule has 0 saturated heterocycles. The molecule has 1 aliphatic heterocycles. The average Bonchev–Trinajstić information content (AvgIpc) is 3.10. The quantitative estimate of drug-likeness (QED) is 0.790. The number of ether oxygens (including phenoxy) is 1. The van der Waals surface area contributed by atoms with E-state index in [-0.39, 0.29) is 17.7 Å². The number of aromatic nitrogens is 1. The SMILES string of the molecule is COC(=O)Nc1ccc2c(c1)NC(=O)C(C)CCCC(C)c1ncc-2o1. The molecule has 0 aliphatic carbocycles. The summed E-state index contributed by atoms with van der Waals surface area (Å²) in [5.74, 6) is 1.31. The van der Waals surface area contributed by atoms with Crippen LogP contribution in [0, 0.1) is 5.92 Å². The summed E-state index contributed by atoms with van der Waals surface area (Å²) < 4.78 is 10.5. The van der Waals surface area contributed by atoms with Crippen molar-refractivity contribution in [2.24, 2.45) is 5.92 Å². The fraction of sp³-hybridized carbons (Fsp3) is 0.421. The molecular formula is C19H23N3O4. The van der Waals surface area contributed by atoms with Crippen LogP contribution in [0.15, 0.2) is 28.8 Å². The van der Waals surface area contributed by atoms with Crippen molar-refractivity contribution in [1.82, 2.24) is 4.98 Å². The Hall–Kier alpha value is -2.83. The molecule has 7 heteroatoms. The van der Waals surface area contributed by atoms with Crippen LogP contribution in [0.25, 0.3) is 11.3 Å². The summed E-state index contributed by atoms with van der Waals surface area (Å²) in [6, 6.07) is 5.20. The maximum absolute atomic E-state index is 12.6. The molecular weight excluding hydrogens is 334 g/mol. The number of hydrogen-bond donors (Lipinski definition) is 2. The summed E-state index contributed by atoms with van der Waals surface area (Å²) in [6.07, 6.45) is 3.73. The number of carbonyl (C=O) groups is 2. The molecule has 2 atom stereocenters. The maximum atomic E-state index is 12.6. The molecule has 2 aromatic rings. The maximum Gasteiger partial charge on any atom is 0.411 e. The molecule has 0 radical (unpaired) electrons. The minimum absolute atomic E-state index is 0.0607. The van der Waals surface area contributed by atoms with E-state index < -0.39 is 6.09 Å². The Morgan fingerprint density at radius 2 is 2.08 bits per heavy atom. The van der Waals surface area contributed by atoms with Gasteiger partial charge in [0, 0.05) is 23.1 Å². The largest absolute Gasteiger partial charge is 0.453 e. The molecule has 0 spiro atoms. The molecule has 1 aliphatic rings. The van der Waals surface area contributed by atoms with Crippen LogP contribution in [0.2, 0.25) is 0 Å². The van der Waals surface area contributed by atoms with Gasteiger partial charge in [-0.15, -0.1) is 0 Å². The van der Waals surface area contributed by atoms with Crippen LogP contribution in [0.5, 0.6) is 0 Å². The van der Waals surface area contributed by atoms with E-state index in [1.807, 2.05) is 6.92 Å². The van der Waals surface area contributed by atoms with Gasteiger partial charge in [0.2, 0.25) is 5.91 Å². The van der Waals surface area contributed by atoms with Crippen LogP contribution < -0.4 is 10.6 Å². The van der Waals surface area contributed by atoms with Crippen molar-refractivity contribution >= 4 is 23.4 Å². The summed E-state index contributed by atoms with van der Waals surface area (Å²) in [4.78, 5) is 28.4. The summed E-state index contributed by atoms with van der Waals surface area (Å²) in [6.45, 7) is 4.00. The highest BCUT2D eigenvalue weighted by Gasteiger charge is 2.21. The third kappa shape index (κ3) is 3.87. The number of nitrogens with zero attached hydrogens (tertiary/aromatic N) is 1. The van der Waals surface area contributed by atoms with Crippen LogP contribution in [0.4, 0.5) is 16.2 Å². The smallest absolute Gasteiger partial charge is 0.411 e. The van der Waals surface area contributed by atoms with E-state index in [0.717, 1.165) is 19.3 Å². The zero-order valence-corrected chi connectivity index (χ0v) is 15.2. The van der Waals surface area contributed by atoms with Crippen LogP contribution in [0.1, 0.15) is 44.9 Å². The van der Waals surface area contributed by atoms with E-state index in [2.05, 4.69) is 27.3 Å². The lowest BCUT2D eigenvalue weighted by Gasteiger charge is -2.17. The third-order valence-electron chi connectivity index (χ3n) is 4.64. The molecule has 3 rings (SSSR count). The van der Waals surface area contributed by atoms with Gasteiger partial charge in [0.15, 0.2) is 11.7 Å². The Bertz CT molecular complexity index is 815. The lowest BCUT2D eigenvalue weighted by atomic mass is 9.97. The van der Waals surface area contributed by atoms with Crippen molar-refractivity contribution in [3.63, 3.8) is 0 Å². The molecule has 0 fully saturated rings. The van der Waals surface area contributed by atoms with Crippen molar-refractivity contribution < 1.29 is 18.7 Å². The molecule has 138 valence electrons. The molecule has 1 aromatic heterocycles. The summed E-state index contributed by atoms with van der Waals surface area (Å²) in [5.41, 5.74) is 1.79. The molecule has 26 heavy (non-hydrogen) atoms. The predicted molar refractivity (Wildman–Crippen MR) is 98.0 cm³/mol. The Balaban J connectivity index is 2.03. The minimum atomic E-state index is -0.575. The first kappa shape index (κ1) is 18.0. The Labute approximate surface area is 152 Å². The molecule has 7 nitrogen and oxygen atoms in total. The standard InChI is InChI=1S/C19H23N3O4/c1-11-5-4-6-12(2)18-20-10-16(26-18)14-8-7-13(21-19(24)25-3)9-15(14)22-17(11)23/h7-12H,4-6H2,1-3H3,(H,21,24)(H,22,23).